The number of amides is 2. The second kappa shape index (κ2) is 14.4. The van der Waals surface area contributed by atoms with Gasteiger partial charge in [0.1, 0.15) is 0 Å². The summed E-state index contributed by atoms with van der Waals surface area (Å²) in [6.07, 6.45) is 7.31. The highest BCUT2D eigenvalue weighted by Crippen LogP contribution is 2.35. The van der Waals surface area contributed by atoms with Crippen LogP contribution in [0, 0.1) is 20.8 Å². The Morgan fingerprint density at radius 1 is 1.05 bits per heavy atom. The molecule has 1 unspecified atom stereocenters. The fourth-order valence-corrected chi connectivity index (χ4v) is 7.44. The lowest BCUT2D eigenvalue weighted by atomic mass is 10.00. The molecule has 0 aliphatic carbocycles. The van der Waals surface area contributed by atoms with Crippen LogP contribution >= 0.6 is 11.3 Å². The Balaban J connectivity index is 0.000000202. The van der Waals surface area contributed by atoms with E-state index in [9.17, 15) is 23.1 Å². The summed E-state index contributed by atoms with van der Waals surface area (Å²) in [5, 5.41) is 16.4. The Morgan fingerprint density at radius 3 is 2.41 bits per heavy atom. The molecule has 1 atom stereocenters. The quantitative estimate of drug-likeness (QED) is 0.296. The Morgan fingerprint density at radius 2 is 1.75 bits per heavy atom. The first-order valence-corrected chi connectivity index (χ1v) is 17.1. The van der Waals surface area contributed by atoms with E-state index < -0.39 is 15.9 Å². The van der Waals surface area contributed by atoms with Crippen molar-refractivity contribution in [3.05, 3.63) is 75.9 Å². The summed E-state index contributed by atoms with van der Waals surface area (Å²) in [7, 11) is -2.67. The number of aliphatic hydroxyl groups excluding tert-OH is 1. The molecule has 1 fully saturated rings. The Bertz CT molecular complexity index is 1630. The number of thiazole rings is 1. The molecule has 236 valence electrons. The highest BCUT2D eigenvalue weighted by atomic mass is 32.2. The lowest BCUT2D eigenvalue weighted by Gasteiger charge is -2.34. The number of nitrogens with zero attached hydrogens (tertiary/aromatic N) is 3. The number of aliphatic hydroxyl groups is 1. The molecule has 2 amide bonds. The van der Waals surface area contributed by atoms with Gasteiger partial charge in [-0.2, -0.15) is 0 Å². The van der Waals surface area contributed by atoms with Gasteiger partial charge in [-0.1, -0.05) is 50.1 Å². The third-order valence-electron chi connectivity index (χ3n) is 7.82. The number of rotatable bonds is 7. The zero-order valence-electron chi connectivity index (χ0n) is 25.9. The lowest BCUT2D eigenvalue weighted by Crippen LogP contribution is -2.47. The molecule has 5 rings (SSSR count). The standard InChI is InChI=1S/C18H28N2O.C14H13N3O4S2/c1-4-5-12-20-13-7-6-11-16(20)18(21)19-17-14(2)9-8-10-15(17)3;1-8-7-15-14(22-8)16-13(19)11-12(18)9-5-3-4-6-10(9)23(20,21)17(11)2/h8-10,16H,4-7,11-13H2,1-3H3,(H,19,21);3-7,18H,1-2H3,(H,15,16,19). The monoisotopic (exact) mass is 639 g/mol. The fourth-order valence-electron chi connectivity index (χ4n) is 5.39. The summed E-state index contributed by atoms with van der Waals surface area (Å²) in [6.45, 7) is 10.2. The van der Waals surface area contributed by atoms with Crippen molar-refractivity contribution in [2.24, 2.45) is 0 Å². The number of anilines is 2. The van der Waals surface area contributed by atoms with Crippen LogP contribution in [0.4, 0.5) is 10.8 Å². The van der Waals surface area contributed by atoms with Crippen LogP contribution in [-0.4, -0.2) is 65.7 Å². The molecule has 2 aliphatic heterocycles. The average molecular weight is 640 g/mol. The number of piperidine rings is 1. The van der Waals surface area contributed by atoms with Crippen molar-refractivity contribution in [2.75, 3.05) is 30.8 Å². The van der Waals surface area contributed by atoms with Crippen LogP contribution in [0.15, 0.2) is 59.3 Å². The number of hydrogen-bond donors (Lipinski definition) is 3. The van der Waals surface area contributed by atoms with Crippen LogP contribution in [0.1, 0.15) is 60.6 Å². The summed E-state index contributed by atoms with van der Waals surface area (Å²) >= 11 is 1.25. The van der Waals surface area contributed by atoms with E-state index in [1.807, 2.05) is 13.0 Å². The number of carbonyl (C=O) groups excluding carboxylic acids is 2. The molecular weight excluding hydrogens is 599 g/mol. The van der Waals surface area contributed by atoms with Gasteiger partial charge in [0.05, 0.1) is 10.9 Å². The minimum atomic E-state index is -3.90. The predicted octanol–water partition coefficient (Wildman–Crippen LogP) is 5.85. The lowest BCUT2D eigenvalue weighted by molar-refractivity contribution is -0.122. The van der Waals surface area contributed by atoms with Gasteiger partial charge in [0.2, 0.25) is 5.91 Å². The molecule has 44 heavy (non-hydrogen) atoms. The van der Waals surface area contributed by atoms with Gasteiger partial charge in [0.25, 0.3) is 15.9 Å². The van der Waals surface area contributed by atoms with E-state index in [1.54, 1.807) is 18.3 Å². The van der Waals surface area contributed by atoms with Crippen LogP contribution in [0.3, 0.4) is 0 Å². The SMILES string of the molecule is CCCCN1CCCCC1C(=O)Nc1c(C)cccc1C.Cc1cnc(NC(=O)C2=C(O)c3ccccc3S(=O)(=O)N2C)s1. The van der Waals surface area contributed by atoms with Crippen LogP contribution in [-0.2, 0) is 19.6 Å². The molecule has 2 aromatic carbocycles. The number of aryl methyl sites for hydroxylation is 3. The molecule has 0 radical (unpaired) electrons. The van der Waals surface area contributed by atoms with Gasteiger partial charge in [-0.15, -0.1) is 11.3 Å². The van der Waals surface area contributed by atoms with Gasteiger partial charge < -0.3 is 10.4 Å². The van der Waals surface area contributed by atoms with Gasteiger partial charge >= 0.3 is 0 Å². The summed E-state index contributed by atoms with van der Waals surface area (Å²) in [6, 6.07) is 12.2. The number of carbonyl (C=O) groups is 2. The number of sulfonamides is 1. The van der Waals surface area contributed by atoms with E-state index in [1.165, 1.54) is 49.8 Å². The zero-order chi connectivity index (χ0) is 32.0. The normalized spacial score (nSPS) is 17.8. The molecule has 0 spiro atoms. The van der Waals surface area contributed by atoms with Crippen LogP contribution < -0.4 is 10.6 Å². The number of fused-ring (bicyclic) bond motifs is 1. The van der Waals surface area contributed by atoms with Crippen molar-refractivity contribution in [3.63, 3.8) is 0 Å². The Hall–Kier alpha value is -3.74. The molecular formula is C32H41N5O5S2. The minimum Gasteiger partial charge on any atom is -0.505 e. The maximum Gasteiger partial charge on any atom is 0.278 e. The minimum absolute atomic E-state index is 0.0401. The number of hydrogen-bond acceptors (Lipinski definition) is 8. The molecule has 10 nitrogen and oxygen atoms in total. The van der Waals surface area contributed by atoms with E-state index in [2.05, 4.69) is 53.4 Å². The van der Waals surface area contributed by atoms with E-state index in [0.29, 0.717) is 5.13 Å². The third kappa shape index (κ3) is 7.31. The van der Waals surface area contributed by atoms with E-state index in [4.69, 9.17) is 0 Å². The first-order chi connectivity index (χ1) is 20.9. The third-order valence-corrected chi connectivity index (χ3v) is 10.5. The summed E-state index contributed by atoms with van der Waals surface area (Å²) in [4.78, 5) is 32.3. The second-order valence-corrected chi connectivity index (χ2v) is 14.2. The zero-order valence-corrected chi connectivity index (χ0v) is 27.5. The molecule has 2 aliphatic rings. The summed E-state index contributed by atoms with van der Waals surface area (Å²) in [5.74, 6) is -0.954. The number of nitrogens with one attached hydrogen (secondary N) is 2. The van der Waals surface area contributed by atoms with Crippen molar-refractivity contribution >= 4 is 49.8 Å². The predicted molar refractivity (Wildman–Crippen MR) is 175 cm³/mol. The highest BCUT2D eigenvalue weighted by Gasteiger charge is 2.38. The van der Waals surface area contributed by atoms with Gasteiger partial charge in [0.15, 0.2) is 16.6 Å². The molecule has 3 heterocycles. The van der Waals surface area contributed by atoms with Gasteiger partial charge in [0, 0.05) is 29.4 Å². The summed E-state index contributed by atoms with van der Waals surface area (Å²) in [5.41, 5.74) is 3.03. The first-order valence-electron chi connectivity index (χ1n) is 14.8. The Labute approximate surface area is 263 Å². The van der Waals surface area contributed by atoms with Crippen molar-refractivity contribution < 1.29 is 23.1 Å². The largest absolute Gasteiger partial charge is 0.505 e. The number of likely N-dealkylation sites (N-methyl/N-ethyl adjacent to an activating group) is 1. The van der Waals surface area contributed by atoms with E-state index in [-0.39, 0.29) is 33.9 Å². The molecule has 3 N–H and O–H groups in total. The molecule has 1 saturated heterocycles. The molecule has 0 saturated carbocycles. The average Bonchev–Trinajstić information content (AvgIpc) is 3.41. The Kier molecular flexibility index (Phi) is 10.8. The van der Waals surface area contributed by atoms with E-state index >= 15 is 0 Å². The van der Waals surface area contributed by atoms with E-state index in [0.717, 1.165) is 51.9 Å². The number of likely N-dealkylation sites (tertiary alicyclic amines) is 1. The fraction of sp³-hybridized carbons (Fsp3) is 0.406. The highest BCUT2D eigenvalue weighted by molar-refractivity contribution is 7.89. The number of benzene rings is 2. The maximum absolute atomic E-state index is 12.7. The molecule has 3 aromatic rings. The van der Waals surface area contributed by atoms with Crippen LogP contribution in [0.5, 0.6) is 0 Å². The molecule has 0 bridgehead atoms. The van der Waals surface area contributed by atoms with Crippen molar-refractivity contribution in [1.82, 2.24) is 14.2 Å². The topological polar surface area (TPSA) is 132 Å². The maximum atomic E-state index is 12.7. The van der Waals surface area contributed by atoms with Crippen molar-refractivity contribution in [3.8, 4) is 0 Å². The second-order valence-electron chi connectivity index (χ2n) is 11.1. The molecule has 1 aromatic heterocycles. The van der Waals surface area contributed by atoms with Gasteiger partial charge in [-0.05, 0) is 76.4 Å². The number of aromatic nitrogens is 1. The summed E-state index contributed by atoms with van der Waals surface area (Å²) < 4.78 is 25.8. The van der Waals surface area contributed by atoms with Crippen molar-refractivity contribution in [2.45, 2.75) is 70.7 Å². The number of unbranched alkanes of at least 4 members (excludes halogenated alkanes) is 1. The molecule has 12 heteroatoms. The van der Waals surface area contributed by atoms with Crippen LogP contribution in [0.2, 0.25) is 0 Å². The first kappa shape index (κ1) is 33.2. The van der Waals surface area contributed by atoms with Crippen LogP contribution in [0.25, 0.3) is 5.76 Å². The van der Waals surface area contributed by atoms with Gasteiger partial charge in [-0.3, -0.25) is 24.1 Å². The number of para-hydroxylation sites is 1. The van der Waals surface area contributed by atoms with Gasteiger partial charge in [-0.25, -0.2) is 13.4 Å². The van der Waals surface area contributed by atoms with Crippen molar-refractivity contribution in [1.29, 1.82) is 0 Å². The smallest absolute Gasteiger partial charge is 0.278 e.